The maximum Gasteiger partial charge on any atom is 0.416 e. The molecule has 27 heavy (non-hydrogen) atoms. The Morgan fingerprint density at radius 1 is 1.19 bits per heavy atom. The van der Waals surface area contributed by atoms with Crippen LogP contribution in [0, 0.1) is 0 Å². The van der Waals surface area contributed by atoms with Crippen LogP contribution >= 0.6 is 11.8 Å². The van der Waals surface area contributed by atoms with Gasteiger partial charge in [-0.15, -0.1) is 11.8 Å². The second-order valence-electron chi connectivity index (χ2n) is 6.32. The number of carbonyl (C=O) groups excluding carboxylic acids is 1. The van der Waals surface area contributed by atoms with Crippen molar-refractivity contribution >= 4 is 17.7 Å². The van der Waals surface area contributed by atoms with Gasteiger partial charge in [-0.2, -0.15) is 13.2 Å². The summed E-state index contributed by atoms with van der Waals surface area (Å²) in [5, 5.41) is 2.71. The van der Waals surface area contributed by atoms with Crippen LogP contribution in [0.4, 0.5) is 13.2 Å². The fraction of sp³-hybridized carbons (Fsp3) is 0.350. The van der Waals surface area contributed by atoms with Gasteiger partial charge in [0.05, 0.1) is 17.2 Å². The van der Waals surface area contributed by atoms with E-state index in [2.05, 4.69) is 5.32 Å². The molecule has 1 amide bonds. The highest BCUT2D eigenvalue weighted by atomic mass is 32.2. The number of ether oxygens (including phenoxy) is 1. The topological polar surface area (TPSA) is 38.3 Å². The third kappa shape index (κ3) is 5.49. The molecule has 1 N–H and O–H groups in total. The molecule has 0 spiro atoms. The summed E-state index contributed by atoms with van der Waals surface area (Å²) in [6, 6.07) is 12.2. The lowest BCUT2D eigenvalue weighted by molar-refractivity contribution is -0.137. The number of rotatable bonds is 6. The zero-order valence-corrected chi connectivity index (χ0v) is 15.4. The Bertz CT molecular complexity index is 789. The van der Waals surface area contributed by atoms with E-state index < -0.39 is 11.7 Å². The summed E-state index contributed by atoms with van der Waals surface area (Å²) < 4.78 is 44.0. The van der Waals surface area contributed by atoms with Gasteiger partial charge >= 0.3 is 6.18 Å². The second-order valence-corrected chi connectivity index (χ2v) is 7.38. The van der Waals surface area contributed by atoms with Crippen molar-refractivity contribution in [2.24, 2.45) is 0 Å². The molecule has 2 aromatic carbocycles. The van der Waals surface area contributed by atoms with Crippen LogP contribution in [0.2, 0.25) is 0 Å². The first-order valence-electron chi connectivity index (χ1n) is 8.71. The van der Waals surface area contributed by atoms with Gasteiger partial charge in [-0.3, -0.25) is 4.79 Å². The van der Waals surface area contributed by atoms with E-state index in [9.17, 15) is 18.0 Å². The maximum absolute atomic E-state index is 12.8. The first-order valence-corrected chi connectivity index (χ1v) is 9.70. The molecule has 0 aliphatic carbocycles. The molecule has 1 fully saturated rings. The summed E-state index contributed by atoms with van der Waals surface area (Å²) >= 11 is 1.57. The van der Waals surface area contributed by atoms with Gasteiger partial charge in [-0.05, 0) is 42.7 Å². The quantitative estimate of drug-likeness (QED) is 0.707. The molecule has 7 heteroatoms. The van der Waals surface area contributed by atoms with Gasteiger partial charge in [0, 0.05) is 23.8 Å². The van der Waals surface area contributed by atoms with Crippen LogP contribution in [0.25, 0.3) is 0 Å². The van der Waals surface area contributed by atoms with Crippen molar-refractivity contribution in [3.8, 4) is 0 Å². The predicted octanol–water partition coefficient (Wildman–Crippen LogP) is 4.91. The number of carbonyl (C=O) groups is 1. The molecule has 0 radical (unpaired) electrons. The summed E-state index contributed by atoms with van der Waals surface area (Å²) in [5.41, 5.74) is 0.205. The van der Waals surface area contributed by atoms with Crippen molar-refractivity contribution < 1.29 is 22.7 Å². The Labute approximate surface area is 160 Å². The highest BCUT2D eigenvalue weighted by Gasteiger charge is 2.30. The molecule has 1 aliphatic heterocycles. The molecular weight excluding hydrogens is 375 g/mol. The van der Waals surface area contributed by atoms with E-state index in [-0.39, 0.29) is 18.6 Å². The third-order valence-corrected chi connectivity index (χ3v) is 5.49. The van der Waals surface area contributed by atoms with Crippen LogP contribution in [-0.2, 0) is 17.5 Å². The van der Waals surface area contributed by atoms with Gasteiger partial charge in [0.25, 0.3) is 5.91 Å². The minimum Gasteiger partial charge on any atom is -0.377 e. The van der Waals surface area contributed by atoms with Crippen LogP contribution in [0.1, 0.15) is 34.3 Å². The van der Waals surface area contributed by atoms with Crippen molar-refractivity contribution in [3.63, 3.8) is 0 Å². The van der Waals surface area contributed by atoms with Crippen molar-refractivity contribution in [2.75, 3.05) is 12.4 Å². The second kappa shape index (κ2) is 8.80. The average molecular weight is 395 g/mol. The van der Waals surface area contributed by atoms with Crippen molar-refractivity contribution in [1.29, 1.82) is 0 Å². The van der Waals surface area contributed by atoms with Crippen molar-refractivity contribution in [2.45, 2.75) is 36.6 Å². The molecule has 0 bridgehead atoms. The van der Waals surface area contributed by atoms with Gasteiger partial charge in [0.15, 0.2) is 0 Å². The Balaban J connectivity index is 1.62. The van der Waals surface area contributed by atoms with Crippen LogP contribution in [0.15, 0.2) is 53.4 Å². The number of thioether (sulfide) groups is 1. The molecule has 1 atom stereocenters. The third-order valence-electron chi connectivity index (χ3n) is 4.29. The molecule has 0 unspecified atom stereocenters. The smallest absolute Gasteiger partial charge is 0.377 e. The molecule has 144 valence electrons. The Hall–Kier alpha value is -1.99. The monoisotopic (exact) mass is 395 g/mol. The number of hydrogen-bond acceptors (Lipinski definition) is 3. The molecule has 1 heterocycles. The van der Waals surface area contributed by atoms with Gasteiger partial charge in [0.2, 0.25) is 0 Å². The summed E-state index contributed by atoms with van der Waals surface area (Å²) in [6.07, 6.45) is -2.11. The Kier molecular flexibility index (Phi) is 6.44. The van der Waals surface area contributed by atoms with Crippen LogP contribution in [0.3, 0.4) is 0 Å². The molecule has 1 aliphatic rings. The van der Waals surface area contributed by atoms with Gasteiger partial charge < -0.3 is 10.1 Å². The van der Waals surface area contributed by atoms with E-state index in [4.69, 9.17) is 4.74 Å². The zero-order valence-electron chi connectivity index (χ0n) is 14.6. The fourth-order valence-corrected chi connectivity index (χ4v) is 3.99. The molecule has 3 rings (SSSR count). The SMILES string of the molecule is O=C(NCc1cccc(C(F)(F)F)c1)c1ccccc1SC[C@@H]1CCCO1. The summed E-state index contributed by atoms with van der Waals surface area (Å²) in [6.45, 7) is 0.817. The van der Waals surface area contributed by atoms with Crippen LogP contribution < -0.4 is 5.32 Å². The predicted molar refractivity (Wildman–Crippen MR) is 98.8 cm³/mol. The summed E-state index contributed by atoms with van der Waals surface area (Å²) in [5.74, 6) is 0.473. The highest BCUT2D eigenvalue weighted by molar-refractivity contribution is 7.99. The van der Waals surface area contributed by atoms with E-state index in [1.807, 2.05) is 12.1 Å². The van der Waals surface area contributed by atoms with E-state index in [0.29, 0.717) is 11.1 Å². The Morgan fingerprint density at radius 2 is 2.00 bits per heavy atom. The number of amides is 1. The molecule has 2 aromatic rings. The average Bonchev–Trinajstić information content (AvgIpc) is 3.18. The molecular formula is C20H20F3NO2S. The summed E-state index contributed by atoms with van der Waals surface area (Å²) in [4.78, 5) is 13.4. The van der Waals surface area contributed by atoms with Crippen LogP contribution in [-0.4, -0.2) is 24.4 Å². The minimum absolute atomic E-state index is 0.0352. The number of nitrogens with one attached hydrogen (secondary N) is 1. The standard InChI is InChI=1S/C20H20F3NO2S/c21-20(22,23)15-6-3-5-14(11-15)12-24-19(25)17-8-1-2-9-18(17)27-13-16-7-4-10-26-16/h1-3,5-6,8-9,11,16H,4,7,10,12-13H2,(H,24,25)/t16-/m0/s1. The molecule has 3 nitrogen and oxygen atoms in total. The van der Waals surface area contributed by atoms with E-state index in [1.54, 1.807) is 30.0 Å². The largest absolute Gasteiger partial charge is 0.416 e. The highest BCUT2D eigenvalue weighted by Crippen LogP contribution is 2.30. The lowest BCUT2D eigenvalue weighted by Crippen LogP contribution is -2.23. The zero-order chi connectivity index (χ0) is 19.3. The van der Waals surface area contributed by atoms with E-state index in [1.165, 1.54) is 6.07 Å². The molecule has 1 saturated heterocycles. The van der Waals surface area contributed by atoms with Gasteiger partial charge in [-0.25, -0.2) is 0 Å². The summed E-state index contributed by atoms with van der Waals surface area (Å²) in [7, 11) is 0. The van der Waals surface area contributed by atoms with Gasteiger partial charge in [0.1, 0.15) is 0 Å². The first kappa shape index (κ1) is 19.8. The number of alkyl halides is 3. The van der Waals surface area contributed by atoms with Crippen LogP contribution in [0.5, 0.6) is 0 Å². The molecule has 0 aromatic heterocycles. The van der Waals surface area contributed by atoms with Gasteiger partial charge in [-0.1, -0.05) is 24.3 Å². The minimum atomic E-state index is -4.40. The maximum atomic E-state index is 12.8. The normalized spacial score (nSPS) is 17.1. The fourth-order valence-electron chi connectivity index (χ4n) is 2.87. The number of benzene rings is 2. The van der Waals surface area contributed by atoms with Crippen molar-refractivity contribution in [1.82, 2.24) is 5.32 Å². The van der Waals surface area contributed by atoms with Crippen molar-refractivity contribution in [3.05, 3.63) is 65.2 Å². The lowest BCUT2D eigenvalue weighted by atomic mass is 10.1. The first-order chi connectivity index (χ1) is 12.9. The number of hydrogen-bond donors (Lipinski definition) is 1. The van der Waals surface area contributed by atoms with E-state index >= 15 is 0 Å². The van der Waals surface area contributed by atoms with E-state index in [0.717, 1.165) is 42.2 Å². The lowest BCUT2D eigenvalue weighted by Gasteiger charge is -2.13. The Morgan fingerprint density at radius 3 is 2.74 bits per heavy atom. The molecule has 0 saturated carbocycles. The number of halogens is 3.